The van der Waals surface area contributed by atoms with Gasteiger partial charge < -0.3 is 10.4 Å². The summed E-state index contributed by atoms with van der Waals surface area (Å²) < 4.78 is 13.3. The van der Waals surface area contributed by atoms with Gasteiger partial charge in [0.15, 0.2) is 0 Å². The summed E-state index contributed by atoms with van der Waals surface area (Å²) in [6.07, 6.45) is 0. The van der Waals surface area contributed by atoms with E-state index in [0.29, 0.717) is 0 Å². The van der Waals surface area contributed by atoms with Crippen LogP contribution in [0.1, 0.15) is 31.1 Å². The first-order valence-corrected chi connectivity index (χ1v) is 6.65. The molecule has 0 aromatic heterocycles. The smallest absolute Gasteiger partial charge is 0.340 e. The zero-order valence-corrected chi connectivity index (χ0v) is 11.8. The lowest BCUT2D eigenvalue weighted by molar-refractivity contribution is -0.113. The Morgan fingerprint density at radius 2 is 2.00 bits per heavy atom. The number of carbonyl (C=O) groups excluding carboxylic acids is 1. The second kappa shape index (κ2) is 6.06. The molecule has 0 saturated heterocycles. The van der Waals surface area contributed by atoms with E-state index in [0.717, 1.165) is 6.07 Å². The fourth-order valence-corrected chi connectivity index (χ4v) is 1.95. The zero-order chi connectivity index (χ0) is 14.6. The maximum absolute atomic E-state index is 13.4. The Hall–Kier alpha value is -1.56. The molecule has 1 aromatic carbocycles. The van der Waals surface area contributed by atoms with Crippen molar-refractivity contribution in [2.75, 3.05) is 11.1 Å². The van der Waals surface area contributed by atoms with Crippen LogP contribution in [0, 0.1) is 5.82 Å². The normalized spacial score (nSPS) is 11.2. The van der Waals surface area contributed by atoms with Crippen molar-refractivity contribution in [3.05, 3.63) is 29.6 Å². The van der Waals surface area contributed by atoms with Crippen LogP contribution < -0.4 is 5.32 Å². The fraction of sp³-hybridized carbons (Fsp3) is 0.385. The number of hydrogen-bond acceptors (Lipinski definition) is 3. The van der Waals surface area contributed by atoms with Crippen molar-refractivity contribution in [2.24, 2.45) is 0 Å². The molecule has 0 heterocycles. The van der Waals surface area contributed by atoms with Crippen LogP contribution >= 0.6 is 11.8 Å². The number of anilines is 1. The summed E-state index contributed by atoms with van der Waals surface area (Å²) in [5.74, 6) is -2.45. The molecule has 6 heteroatoms. The largest absolute Gasteiger partial charge is 0.478 e. The van der Waals surface area contributed by atoms with Gasteiger partial charge in [0, 0.05) is 4.75 Å². The van der Waals surface area contributed by atoms with Gasteiger partial charge in [-0.2, -0.15) is 0 Å². The zero-order valence-electron chi connectivity index (χ0n) is 11.0. The maximum atomic E-state index is 13.4. The van der Waals surface area contributed by atoms with Gasteiger partial charge in [-0.25, -0.2) is 9.18 Å². The van der Waals surface area contributed by atoms with Gasteiger partial charge in [-0.3, -0.25) is 4.79 Å². The second-order valence-electron chi connectivity index (χ2n) is 4.92. The maximum Gasteiger partial charge on any atom is 0.340 e. The molecule has 0 radical (unpaired) electrons. The number of benzene rings is 1. The topological polar surface area (TPSA) is 66.4 Å². The first-order chi connectivity index (χ1) is 8.70. The van der Waals surface area contributed by atoms with Gasteiger partial charge >= 0.3 is 5.97 Å². The van der Waals surface area contributed by atoms with E-state index in [-0.39, 0.29) is 22.1 Å². The Morgan fingerprint density at radius 1 is 1.37 bits per heavy atom. The highest BCUT2D eigenvalue weighted by Gasteiger charge is 2.18. The lowest BCUT2D eigenvalue weighted by Crippen LogP contribution is -2.20. The number of hydrogen-bond donors (Lipinski definition) is 2. The minimum atomic E-state index is -1.41. The van der Waals surface area contributed by atoms with E-state index >= 15 is 0 Å². The summed E-state index contributed by atoms with van der Waals surface area (Å²) in [5.41, 5.74) is -0.538. The SMILES string of the molecule is CC(C)(C)SCC(=O)Nc1cccc(F)c1C(=O)O. The second-order valence-corrected chi connectivity index (χ2v) is 6.72. The number of amides is 1. The van der Waals surface area contributed by atoms with E-state index in [1.54, 1.807) is 0 Å². The first kappa shape index (κ1) is 15.5. The molecule has 1 rings (SSSR count). The quantitative estimate of drug-likeness (QED) is 0.892. The average molecular weight is 285 g/mol. The molecule has 0 aliphatic heterocycles. The minimum Gasteiger partial charge on any atom is -0.478 e. The summed E-state index contributed by atoms with van der Waals surface area (Å²) in [6.45, 7) is 5.90. The molecule has 0 aliphatic rings. The van der Waals surface area contributed by atoms with Crippen molar-refractivity contribution in [1.29, 1.82) is 0 Å². The average Bonchev–Trinajstić information content (AvgIpc) is 2.25. The van der Waals surface area contributed by atoms with Crippen molar-refractivity contribution in [1.82, 2.24) is 0 Å². The highest BCUT2D eigenvalue weighted by Crippen LogP contribution is 2.24. The Kier molecular flexibility index (Phi) is 4.94. The summed E-state index contributed by atoms with van der Waals surface area (Å²) in [5, 5.41) is 11.3. The lowest BCUT2D eigenvalue weighted by atomic mass is 10.1. The molecule has 0 saturated carbocycles. The van der Waals surface area contributed by atoms with Gasteiger partial charge in [-0.1, -0.05) is 26.8 Å². The molecule has 0 fully saturated rings. The van der Waals surface area contributed by atoms with Crippen molar-refractivity contribution >= 4 is 29.3 Å². The number of thioether (sulfide) groups is 1. The predicted octanol–water partition coefficient (Wildman–Crippen LogP) is 2.99. The summed E-state index contributed by atoms with van der Waals surface area (Å²) in [7, 11) is 0. The van der Waals surface area contributed by atoms with Crippen LogP contribution in [-0.4, -0.2) is 27.5 Å². The van der Waals surface area contributed by atoms with Crippen LogP contribution in [0.25, 0.3) is 0 Å². The van der Waals surface area contributed by atoms with Crippen molar-refractivity contribution in [2.45, 2.75) is 25.5 Å². The Balaban J connectivity index is 2.80. The summed E-state index contributed by atoms with van der Waals surface area (Å²) in [4.78, 5) is 22.6. The molecular formula is C13H16FNO3S. The predicted molar refractivity (Wildman–Crippen MR) is 74.2 cm³/mol. The minimum absolute atomic E-state index is 0.0213. The van der Waals surface area contributed by atoms with Gasteiger partial charge in [0.05, 0.1) is 11.4 Å². The summed E-state index contributed by atoms with van der Waals surface area (Å²) >= 11 is 1.43. The molecule has 0 spiro atoms. The monoisotopic (exact) mass is 285 g/mol. The van der Waals surface area contributed by atoms with E-state index in [9.17, 15) is 14.0 Å². The highest BCUT2D eigenvalue weighted by atomic mass is 32.2. The molecular weight excluding hydrogens is 269 g/mol. The molecule has 0 bridgehead atoms. The molecule has 0 unspecified atom stereocenters. The number of halogens is 1. The van der Waals surface area contributed by atoms with Crippen LogP contribution in [0.5, 0.6) is 0 Å². The molecule has 104 valence electrons. The van der Waals surface area contributed by atoms with Gasteiger partial charge in [-0.05, 0) is 12.1 Å². The Morgan fingerprint density at radius 3 is 2.53 bits per heavy atom. The van der Waals surface area contributed by atoms with Crippen molar-refractivity contribution in [3.63, 3.8) is 0 Å². The van der Waals surface area contributed by atoms with Crippen LogP contribution in [0.15, 0.2) is 18.2 Å². The van der Waals surface area contributed by atoms with Gasteiger partial charge in [0.25, 0.3) is 0 Å². The number of carboxylic acids is 1. The molecule has 2 N–H and O–H groups in total. The number of carbonyl (C=O) groups is 2. The highest BCUT2D eigenvalue weighted by molar-refractivity contribution is 8.01. The van der Waals surface area contributed by atoms with Crippen molar-refractivity contribution in [3.8, 4) is 0 Å². The van der Waals surface area contributed by atoms with E-state index in [2.05, 4.69) is 5.32 Å². The van der Waals surface area contributed by atoms with Gasteiger partial charge in [0.1, 0.15) is 11.4 Å². The summed E-state index contributed by atoms with van der Waals surface area (Å²) in [6, 6.07) is 3.77. The van der Waals surface area contributed by atoms with Gasteiger partial charge in [0.2, 0.25) is 5.91 Å². The van der Waals surface area contributed by atoms with Crippen LogP contribution in [0.2, 0.25) is 0 Å². The molecule has 0 aliphatic carbocycles. The number of rotatable bonds is 4. The third kappa shape index (κ3) is 4.90. The number of carboxylic acid groups (broad SMARTS) is 1. The molecule has 0 atom stereocenters. The van der Waals surface area contributed by atoms with Crippen LogP contribution in [-0.2, 0) is 4.79 Å². The van der Waals surface area contributed by atoms with E-state index in [1.165, 1.54) is 23.9 Å². The molecule has 4 nitrogen and oxygen atoms in total. The van der Waals surface area contributed by atoms with Crippen molar-refractivity contribution < 1.29 is 19.1 Å². The number of aromatic carboxylic acids is 1. The Labute approximate surface area is 115 Å². The molecule has 1 aromatic rings. The van der Waals surface area contributed by atoms with Crippen LogP contribution in [0.3, 0.4) is 0 Å². The molecule has 19 heavy (non-hydrogen) atoms. The van der Waals surface area contributed by atoms with E-state index in [1.807, 2.05) is 20.8 Å². The standard InChI is InChI=1S/C13H16FNO3S/c1-13(2,3)19-7-10(16)15-9-6-4-5-8(14)11(9)12(17)18/h4-6H,7H2,1-3H3,(H,15,16)(H,17,18). The lowest BCUT2D eigenvalue weighted by Gasteiger charge is -2.17. The molecule has 1 amide bonds. The Bertz CT molecular complexity index is 497. The number of nitrogens with one attached hydrogen (secondary N) is 1. The van der Waals surface area contributed by atoms with E-state index < -0.39 is 17.3 Å². The first-order valence-electron chi connectivity index (χ1n) is 5.66. The third-order valence-corrected chi connectivity index (χ3v) is 3.41. The fourth-order valence-electron chi connectivity index (χ4n) is 1.31. The van der Waals surface area contributed by atoms with E-state index in [4.69, 9.17) is 5.11 Å². The van der Waals surface area contributed by atoms with Crippen LogP contribution in [0.4, 0.5) is 10.1 Å². The van der Waals surface area contributed by atoms with Gasteiger partial charge in [-0.15, -0.1) is 11.8 Å². The third-order valence-electron chi connectivity index (χ3n) is 2.14.